The van der Waals surface area contributed by atoms with Gasteiger partial charge in [-0.3, -0.25) is 9.59 Å². The molecule has 1 N–H and O–H groups in total. The Balaban J connectivity index is 2.48. The summed E-state index contributed by atoms with van der Waals surface area (Å²) < 4.78 is 15.3. The molecule has 1 aromatic carbocycles. The van der Waals surface area contributed by atoms with Crippen LogP contribution < -0.4 is 14.8 Å². The van der Waals surface area contributed by atoms with Gasteiger partial charge in [0.1, 0.15) is 16.5 Å². The van der Waals surface area contributed by atoms with E-state index in [0.717, 1.165) is 11.3 Å². The number of rotatable bonds is 8. The molecule has 0 fully saturated rings. The molecular weight excluding hydrogens is 408 g/mol. The van der Waals surface area contributed by atoms with Gasteiger partial charge in [0.25, 0.3) is 11.8 Å². The van der Waals surface area contributed by atoms with Gasteiger partial charge in [0, 0.05) is 24.7 Å². The molecule has 0 atom stereocenters. The molecule has 0 aliphatic rings. The summed E-state index contributed by atoms with van der Waals surface area (Å²) in [6, 6.07) is 4.75. The minimum absolute atomic E-state index is 0.168. The van der Waals surface area contributed by atoms with Gasteiger partial charge in [-0.2, -0.15) is 0 Å². The van der Waals surface area contributed by atoms with Crippen molar-refractivity contribution in [2.45, 2.75) is 20.8 Å². The average Bonchev–Trinajstić information content (AvgIpc) is 3.08. The topological polar surface area (TPSA) is 94.2 Å². The molecule has 1 aromatic heterocycles. The van der Waals surface area contributed by atoms with Gasteiger partial charge in [-0.15, -0.1) is 11.3 Å². The Morgan fingerprint density at radius 1 is 1.00 bits per heavy atom. The lowest BCUT2D eigenvalue weighted by Crippen LogP contribution is -2.30. The molecular formula is C21H26N2O6S. The lowest BCUT2D eigenvalue weighted by atomic mass is 10.1. The van der Waals surface area contributed by atoms with Crippen molar-refractivity contribution in [3.63, 3.8) is 0 Å². The molecule has 30 heavy (non-hydrogen) atoms. The Kier molecular flexibility index (Phi) is 7.82. The van der Waals surface area contributed by atoms with E-state index in [-0.39, 0.29) is 22.0 Å². The molecule has 0 aliphatic carbocycles. The predicted octanol–water partition coefficient (Wildman–Crippen LogP) is 3.59. The Labute approximate surface area is 179 Å². The van der Waals surface area contributed by atoms with Crippen LogP contribution in [0.3, 0.4) is 0 Å². The SMILES string of the molecule is CCN(CC)C(=O)c1sc(NC(=O)c2cc(OC)cc(OC)c2)c(C(=O)OC)c1C. The molecule has 0 radical (unpaired) electrons. The van der Waals surface area contributed by atoms with E-state index in [1.165, 1.54) is 21.3 Å². The highest BCUT2D eigenvalue weighted by molar-refractivity contribution is 7.18. The zero-order valence-electron chi connectivity index (χ0n) is 18.0. The summed E-state index contributed by atoms with van der Waals surface area (Å²) >= 11 is 1.05. The molecule has 2 amide bonds. The molecule has 2 rings (SSSR count). The highest BCUT2D eigenvalue weighted by atomic mass is 32.1. The van der Waals surface area contributed by atoms with Crippen LogP contribution in [0.2, 0.25) is 0 Å². The van der Waals surface area contributed by atoms with E-state index >= 15 is 0 Å². The molecule has 2 aromatic rings. The van der Waals surface area contributed by atoms with Crippen LogP contribution in [0.4, 0.5) is 5.00 Å². The first-order valence-electron chi connectivity index (χ1n) is 9.36. The third-order valence-corrected chi connectivity index (χ3v) is 5.82. The molecule has 0 spiro atoms. The van der Waals surface area contributed by atoms with Crippen LogP contribution in [0.15, 0.2) is 18.2 Å². The van der Waals surface area contributed by atoms with Gasteiger partial charge in [0.2, 0.25) is 0 Å². The lowest BCUT2D eigenvalue weighted by Gasteiger charge is -2.17. The number of carbonyl (C=O) groups is 3. The van der Waals surface area contributed by atoms with Crippen LogP contribution in [0.5, 0.6) is 11.5 Å². The van der Waals surface area contributed by atoms with Crippen LogP contribution in [0.25, 0.3) is 0 Å². The maximum Gasteiger partial charge on any atom is 0.341 e. The second kappa shape index (κ2) is 10.1. The summed E-state index contributed by atoms with van der Waals surface area (Å²) in [5.74, 6) is -0.391. The summed E-state index contributed by atoms with van der Waals surface area (Å²) in [6.45, 7) is 6.50. The van der Waals surface area contributed by atoms with E-state index in [0.29, 0.717) is 35.0 Å². The minimum atomic E-state index is -0.624. The summed E-state index contributed by atoms with van der Waals surface area (Å²) in [5.41, 5.74) is 0.924. The smallest absolute Gasteiger partial charge is 0.341 e. The fourth-order valence-corrected chi connectivity index (χ4v) is 4.08. The van der Waals surface area contributed by atoms with Crippen molar-refractivity contribution in [3.8, 4) is 11.5 Å². The zero-order valence-corrected chi connectivity index (χ0v) is 18.8. The minimum Gasteiger partial charge on any atom is -0.497 e. The molecule has 1 heterocycles. The number of nitrogens with zero attached hydrogens (tertiary/aromatic N) is 1. The fraction of sp³-hybridized carbons (Fsp3) is 0.381. The number of amides is 2. The van der Waals surface area contributed by atoms with E-state index < -0.39 is 11.9 Å². The van der Waals surface area contributed by atoms with Crippen LogP contribution in [-0.4, -0.2) is 57.1 Å². The quantitative estimate of drug-likeness (QED) is 0.638. The van der Waals surface area contributed by atoms with Gasteiger partial charge >= 0.3 is 5.97 Å². The van der Waals surface area contributed by atoms with Gasteiger partial charge < -0.3 is 24.4 Å². The number of ether oxygens (including phenoxy) is 3. The average molecular weight is 435 g/mol. The van der Waals surface area contributed by atoms with Crippen LogP contribution in [0.1, 0.15) is 49.8 Å². The highest BCUT2D eigenvalue weighted by Gasteiger charge is 2.28. The zero-order chi connectivity index (χ0) is 22.4. The Hall–Kier alpha value is -3.07. The molecule has 0 unspecified atom stereocenters. The van der Waals surface area contributed by atoms with Crippen molar-refractivity contribution in [3.05, 3.63) is 39.8 Å². The van der Waals surface area contributed by atoms with Gasteiger partial charge in [-0.05, 0) is 38.5 Å². The van der Waals surface area contributed by atoms with Crippen molar-refractivity contribution in [2.75, 3.05) is 39.7 Å². The normalized spacial score (nSPS) is 10.3. The highest BCUT2D eigenvalue weighted by Crippen LogP contribution is 2.35. The van der Waals surface area contributed by atoms with E-state index in [9.17, 15) is 14.4 Å². The van der Waals surface area contributed by atoms with Crippen LogP contribution in [0, 0.1) is 6.92 Å². The number of hydrogen-bond acceptors (Lipinski definition) is 7. The van der Waals surface area contributed by atoms with E-state index in [1.54, 1.807) is 30.0 Å². The first-order chi connectivity index (χ1) is 14.3. The van der Waals surface area contributed by atoms with Gasteiger partial charge in [0.05, 0.1) is 31.8 Å². The summed E-state index contributed by atoms with van der Waals surface area (Å²) in [7, 11) is 4.23. The van der Waals surface area contributed by atoms with Crippen molar-refractivity contribution >= 4 is 34.1 Å². The van der Waals surface area contributed by atoms with Crippen molar-refractivity contribution in [1.82, 2.24) is 4.90 Å². The van der Waals surface area contributed by atoms with Crippen LogP contribution in [-0.2, 0) is 4.74 Å². The number of anilines is 1. The molecule has 9 heteroatoms. The number of benzene rings is 1. The maximum absolute atomic E-state index is 12.9. The molecule has 8 nitrogen and oxygen atoms in total. The van der Waals surface area contributed by atoms with Gasteiger partial charge in [-0.25, -0.2) is 4.79 Å². The maximum atomic E-state index is 12.9. The Bertz CT molecular complexity index is 927. The van der Waals surface area contributed by atoms with Crippen molar-refractivity contribution in [1.29, 1.82) is 0 Å². The first kappa shape index (κ1) is 23.2. The second-order valence-electron chi connectivity index (χ2n) is 6.28. The number of thiophene rings is 1. The molecule has 0 bridgehead atoms. The Morgan fingerprint density at radius 2 is 1.57 bits per heavy atom. The summed E-state index contributed by atoms with van der Waals surface area (Å²) in [4.78, 5) is 40.2. The van der Waals surface area contributed by atoms with E-state index in [2.05, 4.69) is 5.32 Å². The third-order valence-electron chi connectivity index (χ3n) is 4.62. The number of nitrogens with one attached hydrogen (secondary N) is 1. The molecule has 162 valence electrons. The second-order valence-corrected chi connectivity index (χ2v) is 7.31. The third kappa shape index (κ3) is 4.73. The van der Waals surface area contributed by atoms with Crippen molar-refractivity contribution in [2.24, 2.45) is 0 Å². The summed E-state index contributed by atoms with van der Waals surface area (Å²) in [6.07, 6.45) is 0. The van der Waals surface area contributed by atoms with Gasteiger partial charge in [0.15, 0.2) is 0 Å². The first-order valence-corrected chi connectivity index (χ1v) is 10.2. The predicted molar refractivity (Wildman–Crippen MR) is 115 cm³/mol. The van der Waals surface area contributed by atoms with Gasteiger partial charge in [-0.1, -0.05) is 0 Å². The van der Waals surface area contributed by atoms with E-state index in [4.69, 9.17) is 14.2 Å². The monoisotopic (exact) mass is 434 g/mol. The molecule has 0 saturated carbocycles. The largest absolute Gasteiger partial charge is 0.497 e. The number of carbonyl (C=O) groups excluding carboxylic acids is 3. The number of hydrogen-bond donors (Lipinski definition) is 1. The molecule has 0 saturated heterocycles. The fourth-order valence-electron chi connectivity index (χ4n) is 2.92. The van der Waals surface area contributed by atoms with E-state index in [1.807, 2.05) is 13.8 Å². The van der Waals surface area contributed by atoms with Crippen LogP contribution >= 0.6 is 11.3 Å². The standard InChI is InChI=1S/C21H26N2O6S/c1-7-23(8-2)20(25)17-12(3)16(21(26)29-6)19(30-17)22-18(24)13-9-14(27-4)11-15(10-13)28-5/h9-11H,7-8H2,1-6H3,(H,22,24). The lowest BCUT2D eigenvalue weighted by molar-refractivity contribution is 0.0601. The van der Waals surface area contributed by atoms with Crippen molar-refractivity contribution < 1.29 is 28.6 Å². The summed E-state index contributed by atoms with van der Waals surface area (Å²) in [5, 5.41) is 2.98. The number of esters is 1. The Morgan fingerprint density at radius 3 is 2.03 bits per heavy atom. The molecule has 0 aliphatic heterocycles. The number of methoxy groups -OCH3 is 3.